The van der Waals surface area contributed by atoms with Crippen LogP contribution in [0.3, 0.4) is 0 Å². The molecule has 0 bridgehead atoms. The van der Waals surface area contributed by atoms with Gasteiger partial charge in [0.05, 0.1) is 6.04 Å². The average Bonchev–Trinajstić information content (AvgIpc) is 2.70. The van der Waals surface area contributed by atoms with Gasteiger partial charge in [0.2, 0.25) is 5.89 Å². The maximum Gasteiger partial charge on any atom is 0.243 e. The second kappa shape index (κ2) is 4.40. The fraction of sp³-hybridized carbons (Fsp3) is 0.273. The molecular formula is C11H12FN3O. The molecule has 16 heavy (non-hydrogen) atoms. The van der Waals surface area contributed by atoms with Gasteiger partial charge >= 0.3 is 0 Å². The van der Waals surface area contributed by atoms with Gasteiger partial charge in [0.15, 0.2) is 5.82 Å². The zero-order chi connectivity index (χ0) is 11.5. The topological polar surface area (TPSA) is 64.9 Å². The molecule has 1 aromatic heterocycles. The van der Waals surface area contributed by atoms with Gasteiger partial charge in [-0.15, -0.1) is 0 Å². The van der Waals surface area contributed by atoms with Crippen LogP contribution in [0.25, 0.3) is 0 Å². The van der Waals surface area contributed by atoms with E-state index in [0.29, 0.717) is 18.1 Å². The lowest BCUT2D eigenvalue weighted by Crippen LogP contribution is -2.05. The van der Waals surface area contributed by atoms with Crippen LogP contribution in [0, 0.1) is 5.82 Å². The number of benzene rings is 1. The first kappa shape index (κ1) is 10.8. The highest BCUT2D eigenvalue weighted by Gasteiger charge is 2.10. The molecule has 0 amide bonds. The minimum absolute atomic E-state index is 0.256. The summed E-state index contributed by atoms with van der Waals surface area (Å²) in [6, 6.07) is 5.92. The molecule has 0 fully saturated rings. The van der Waals surface area contributed by atoms with Crippen LogP contribution in [0.15, 0.2) is 28.8 Å². The van der Waals surface area contributed by atoms with E-state index in [1.54, 1.807) is 19.1 Å². The highest BCUT2D eigenvalue weighted by Crippen LogP contribution is 2.10. The Hall–Kier alpha value is -1.75. The minimum Gasteiger partial charge on any atom is -0.338 e. The summed E-state index contributed by atoms with van der Waals surface area (Å²) in [5, 5.41) is 3.80. The second-order valence-electron chi connectivity index (χ2n) is 3.64. The first-order valence-corrected chi connectivity index (χ1v) is 4.97. The molecule has 1 atom stereocenters. The Kier molecular flexibility index (Phi) is 2.96. The van der Waals surface area contributed by atoms with E-state index in [1.165, 1.54) is 12.1 Å². The normalized spacial score (nSPS) is 12.7. The highest BCUT2D eigenvalue weighted by molar-refractivity contribution is 5.19. The van der Waals surface area contributed by atoms with Gasteiger partial charge in [-0.1, -0.05) is 17.3 Å². The fourth-order valence-corrected chi connectivity index (χ4v) is 1.31. The molecule has 0 aliphatic carbocycles. The monoisotopic (exact) mass is 221 g/mol. The summed E-state index contributed by atoms with van der Waals surface area (Å²) < 4.78 is 17.6. The maximum atomic E-state index is 12.7. The Balaban J connectivity index is 2.11. The van der Waals surface area contributed by atoms with Crippen LogP contribution in [0.5, 0.6) is 0 Å². The molecule has 0 saturated carbocycles. The summed E-state index contributed by atoms with van der Waals surface area (Å²) in [5.41, 5.74) is 6.52. The Morgan fingerprint density at radius 2 is 2.06 bits per heavy atom. The van der Waals surface area contributed by atoms with Gasteiger partial charge in [-0.25, -0.2) is 4.39 Å². The largest absolute Gasteiger partial charge is 0.338 e. The molecule has 0 saturated heterocycles. The van der Waals surface area contributed by atoms with Crippen molar-refractivity contribution >= 4 is 0 Å². The van der Waals surface area contributed by atoms with Crippen LogP contribution in [0.4, 0.5) is 4.39 Å². The highest BCUT2D eigenvalue weighted by atomic mass is 19.1. The van der Waals surface area contributed by atoms with Gasteiger partial charge in [-0.2, -0.15) is 4.98 Å². The van der Waals surface area contributed by atoms with Crippen molar-refractivity contribution in [1.29, 1.82) is 0 Å². The number of nitrogens with zero attached hydrogens (tertiary/aromatic N) is 2. The van der Waals surface area contributed by atoms with Crippen molar-refractivity contribution < 1.29 is 8.91 Å². The van der Waals surface area contributed by atoms with Crippen molar-refractivity contribution in [2.24, 2.45) is 5.73 Å². The van der Waals surface area contributed by atoms with E-state index in [0.717, 1.165) is 5.56 Å². The van der Waals surface area contributed by atoms with Gasteiger partial charge in [0.25, 0.3) is 0 Å². The van der Waals surface area contributed by atoms with Crippen molar-refractivity contribution in [2.75, 3.05) is 0 Å². The molecule has 0 radical (unpaired) electrons. The molecule has 1 heterocycles. The Morgan fingerprint density at radius 1 is 1.38 bits per heavy atom. The molecule has 84 valence electrons. The molecule has 1 aromatic carbocycles. The van der Waals surface area contributed by atoms with Gasteiger partial charge in [0, 0.05) is 6.42 Å². The van der Waals surface area contributed by atoms with Crippen LogP contribution >= 0.6 is 0 Å². The third kappa shape index (κ3) is 2.43. The Morgan fingerprint density at radius 3 is 2.62 bits per heavy atom. The molecule has 2 rings (SSSR count). The van der Waals surface area contributed by atoms with Crippen LogP contribution in [-0.2, 0) is 6.42 Å². The summed E-state index contributed by atoms with van der Waals surface area (Å²) in [7, 11) is 0. The number of nitrogens with two attached hydrogens (primary N) is 1. The van der Waals surface area contributed by atoms with Gasteiger partial charge in [0.1, 0.15) is 5.82 Å². The van der Waals surface area contributed by atoms with Crippen molar-refractivity contribution in [3.8, 4) is 0 Å². The summed E-state index contributed by atoms with van der Waals surface area (Å²) in [6.07, 6.45) is 0.510. The van der Waals surface area contributed by atoms with Crippen LogP contribution in [0.1, 0.15) is 30.2 Å². The van der Waals surface area contributed by atoms with E-state index in [2.05, 4.69) is 10.1 Å². The first-order valence-electron chi connectivity index (χ1n) is 4.97. The van der Waals surface area contributed by atoms with Gasteiger partial charge in [-0.3, -0.25) is 0 Å². The van der Waals surface area contributed by atoms with Crippen LogP contribution in [0.2, 0.25) is 0 Å². The van der Waals surface area contributed by atoms with Gasteiger partial charge < -0.3 is 10.3 Å². The minimum atomic E-state index is -0.269. The predicted octanol–water partition coefficient (Wildman–Crippen LogP) is 1.82. The summed E-state index contributed by atoms with van der Waals surface area (Å²) in [5.74, 6) is 0.712. The smallest absolute Gasteiger partial charge is 0.243 e. The molecule has 0 spiro atoms. The predicted molar refractivity (Wildman–Crippen MR) is 56.1 cm³/mol. The molecule has 2 aromatic rings. The van der Waals surface area contributed by atoms with E-state index >= 15 is 0 Å². The molecule has 4 nitrogen and oxygen atoms in total. The molecule has 0 unspecified atom stereocenters. The maximum absolute atomic E-state index is 12.7. The average molecular weight is 221 g/mol. The third-order valence-electron chi connectivity index (χ3n) is 2.15. The van der Waals surface area contributed by atoms with E-state index in [4.69, 9.17) is 10.3 Å². The quantitative estimate of drug-likeness (QED) is 0.858. The summed E-state index contributed by atoms with van der Waals surface area (Å²) in [4.78, 5) is 4.13. The van der Waals surface area contributed by atoms with Crippen LogP contribution in [-0.4, -0.2) is 10.1 Å². The third-order valence-corrected chi connectivity index (χ3v) is 2.15. The number of aromatic nitrogens is 2. The fourth-order valence-electron chi connectivity index (χ4n) is 1.31. The molecule has 5 heteroatoms. The molecule has 2 N–H and O–H groups in total. The first-order chi connectivity index (χ1) is 7.65. The molecular weight excluding hydrogens is 209 g/mol. The molecule has 0 aliphatic heterocycles. The zero-order valence-electron chi connectivity index (χ0n) is 8.85. The number of hydrogen-bond acceptors (Lipinski definition) is 4. The van der Waals surface area contributed by atoms with Crippen molar-refractivity contribution in [1.82, 2.24) is 10.1 Å². The zero-order valence-corrected chi connectivity index (χ0v) is 8.85. The molecule has 0 aliphatic rings. The standard InChI is InChI=1S/C11H12FN3O/c1-7(13)11-14-10(15-16-11)6-8-2-4-9(12)5-3-8/h2-5,7H,6,13H2,1H3/t7-/m0/s1. The van der Waals surface area contributed by atoms with Crippen molar-refractivity contribution in [3.05, 3.63) is 47.4 Å². The van der Waals surface area contributed by atoms with Gasteiger partial charge in [-0.05, 0) is 24.6 Å². The summed E-state index contributed by atoms with van der Waals surface area (Å²) >= 11 is 0. The second-order valence-corrected chi connectivity index (χ2v) is 3.64. The van der Waals surface area contributed by atoms with Crippen molar-refractivity contribution in [2.45, 2.75) is 19.4 Å². The Labute approximate surface area is 92.3 Å². The van der Waals surface area contributed by atoms with Crippen LogP contribution < -0.4 is 5.73 Å². The van der Waals surface area contributed by atoms with E-state index in [9.17, 15) is 4.39 Å². The Bertz CT molecular complexity index is 464. The van der Waals surface area contributed by atoms with E-state index in [1.807, 2.05) is 0 Å². The SMILES string of the molecule is C[C@H](N)c1nc(Cc2ccc(F)cc2)no1. The van der Waals surface area contributed by atoms with Crippen molar-refractivity contribution in [3.63, 3.8) is 0 Å². The lowest BCUT2D eigenvalue weighted by molar-refractivity contribution is 0.358. The lowest BCUT2D eigenvalue weighted by atomic mass is 10.1. The summed E-state index contributed by atoms with van der Waals surface area (Å²) in [6.45, 7) is 1.77. The van der Waals surface area contributed by atoms with E-state index in [-0.39, 0.29) is 11.9 Å². The lowest BCUT2D eigenvalue weighted by Gasteiger charge is -1.96. The number of rotatable bonds is 3. The van der Waals surface area contributed by atoms with E-state index < -0.39 is 0 Å². The number of hydrogen-bond donors (Lipinski definition) is 1. The number of halogens is 1.